The van der Waals surface area contributed by atoms with Crippen LogP contribution in [0.3, 0.4) is 0 Å². The van der Waals surface area contributed by atoms with Crippen LogP contribution in [-0.2, 0) is 14.4 Å². The van der Waals surface area contributed by atoms with Crippen molar-refractivity contribution in [1.82, 2.24) is 14.9 Å². The van der Waals surface area contributed by atoms with E-state index < -0.39 is 5.60 Å². The van der Waals surface area contributed by atoms with Gasteiger partial charge < -0.3 is 14.5 Å². The molecule has 0 unspecified atom stereocenters. The fraction of sp³-hybridized carbons (Fsp3) is 0.875. The maximum Gasteiger partial charge on any atom is 0.410 e. The lowest BCUT2D eigenvalue weighted by Gasteiger charge is -2.42. The summed E-state index contributed by atoms with van der Waals surface area (Å²) >= 11 is 0. The largest absolute Gasteiger partial charge is 0.444 e. The molecule has 7 nitrogen and oxygen atoms in total. The third-order valence-electron chi connectivity index (χ3n) is 4.16. The second kappa shape index (κ2) is 7.49. The van der Waals surface area contributed by atoms with Crippen LogP contribution >= 0.6 is 0 Å². The topological polar surface area (TPSA) is 62.3 Å². The van der Waals surface area contributed by atoms with Crippen molar-refractivity contribution in [1.29, 1.82) is 0 Å². The van der Waals surface area contributed by atoms with Gasteiger partial charge in [-0.2, -0.15) is 0 Å². The van der Waals surface area contributed by atoms with E-state index in [1.165, 1.54) is 6.92 Å². The lowest BCUT2D eigenvalue weighted by Crippen LogP contribution is -2.54. The van der Waals surface area contributed by atoms with E-state index in [1.54, 1.807) is 9.96 Å². The SMILES string of the molecule is CC(=O)ON1CCC(N2CCN(C(=O)OC(C)(C)C)CC2)CC1. The molecule has 0 bridgehead atoms. The Morgan fingerprint density at radius 1 is 0.957 bits per heavy atom. The van der Waals surface area contributed by atoms with Crippen LogP contribution in [0.15, 0.2) is 0 Å². The lowest BCUT2D eigenvalue weighted by atomic mass is 10.0. The van der Waals surface area contributed by atoms with Gasteiger partial charge in [0.2, 0.25) is 0 Å². The van der Waals surface area contributed by atoms with Crippen LogP contribution in [0.25, 0.3) is 0 Å². The van der Waals surface area contributed by atoms with E-state index in [2.05, 4.69) is 4.90 Å². The molecule has 1 amide bonds. The number of amides is 1. The van der Waals surface area contributed by atoms with Crippen LogP contribution in [0.1, 0.15) is 40.5 Å². The van der Waals surface area contributed by atoms with Crippen LogP contribution in [0.4, 0.5) is 4.79 Å². The van der Waals surface area contributed by atoms with Crippen molar-refractivity contribution < 1.29 is 19.2 Å². The van der Waals surface area contributed by atoms with Crippen molar-refractivity contribution in [2.24, 2.45) is 0 Å². The van der Waals surface area contributed by atoms with Crippen molar-refractivity contribution >= 4 is 12.1 Å². The number of nitrogens with zero attached hydrogens (tertiary/aromatic N) is 3. The van der Waals surface area contributed by atoms with Crippen LogP contribution in [0, 0.1) is 0 Å². The van der Waals surface area contributed by atoms with Crippen molar-refractivity contribution in [3.63, 3.8) is 0 Å². The predicted molar refractivity (Wildman–Crippen MR) is 85.7 cm³/mol. The Kier molecular flexibility index (Phi) is 5.86. The number of carbonyl (C=O) groups is 2. The summed E-state index contributed by atoms with van der Waals surface area (Å²) in [7, 11) is 0. The molecule has 2 aliphatic heterocycles. The number of hydrogen-bond donors (Lipinski definition) is 0. The molecule has 0 aromatic rings. The smallest absolute Gasteiger partial charge is 0.410 e. The molecule has 2 rings (SSSR count). The van der Waals surface area contributed by atoms with Crippen LogP contribution in [0.2, 0.25) is 0 Å². The summed E-state index contributed by atoms with van der Waals surface area (Å²) in [5.74, 6) is -0.255. The number of hydroxylamine groups is 2. The Hall–Kier alpha value is -1.34. The first kappa shape index (κ1) is 18.0. The second-order valence-electron chi connectivity index (χ2n) is 7.25. The highest BCUT2D eigenvalue weighted by Gasteiger charge is 2.31. The zero-order chi connectivity index (χ0) is 17.0. The molecule has 2 heterocycles. The minimum atomic E-state index is -0.447. The fourth-order valence-corrected chi connectivity index (χ4v) is 3.08. The third kappa shape index (κ3) is 5.66. The van der Waals surface area contributed by atoms with Gasteiger partial charge in [0.05, 0.1) is 0 Å². The standard InChI is InChI=1S/C16H29N3O4/c1-13(20)23-19-7-5-14(6-8-19)17-9-11-18(12-10-17)15(21)22-16(2,3)4/h14H,5-12H2,1-4H3. The van der Waals surface area contributed by atoms with Gasteiger partial charge in [0.15, 0.2) is 0 Å². The maximum absolute atomic E-state index is 12.1. The van der Waals surface area contributed by atoms with Gasteiger partial charge in [-0.3, -0.25) is 9.69 Å². The van der Waals surface area contributed by atoms with Crippen molar-refractivity contribution in [3.05, 3.63) is 0 Å². The molecular weight excluding hydrogens is 298 g/mol. The lowest BCUT2D eigenvalue weighted by molar-refractivity contribution is -0.194. The van der Waals surface area contributed by atoms with Gasteiger partial charge in [-0.15, -0.1) is 5.06 Å². The van der Waals surface area contributed by atoms with Gasteiger partial charge in [0.1, 0.15) is 5.60 Å². The van der Waals surface area contributed by atoms with E-state index in [1.807, 2.05) is 20.8 Å². The number of piperidine rings is 1. The molecule has 0 atom stereocenters. The molecule has 2 aliphatic rings. The van der Waals surface area contributed by atoms with Gasteiger partial charge in [-0.05, 0) is 33.6 Å². The normalized spacial score (nSPS) is 22.0. The molecule has 0 spiro atoms. The summed E-state index contributed by atoms with van der Waals surface area (Å²) in [6.45, 7) is 11.8. The highest BCUT2D eigenvalue weighted by atomic mass is 16.7. The van der Waals surface area contributed by atoms with Gasteiger partial charge in [0.25, 0.3) is 0 Å². The van der Waals surface area contributed by atoms with Crippen LogP contribution in [-0.4, -0.2) is 77.8 Å². The first-order chi connectivity index (χ1) is 10.7. The van der Waals surface area contributed by atoms with E-state index >= 15 is 0 Å². The maximum atomic E-state index is 12.1. The zero-order valence-corrected chi connectivity index (χ0v) is 14.7. The molecule has 2 fully saturated rings. The Bertz CT molecular complexity index is 420. The Labute approximate surface area is 138 Å². The Morgan fingerprint density at radius 2 is 1.52 bits per heavy atom. The van der Waals surface area contributed by atoms with Gasteiger partial charge >= 0.3 is 12.1 Å². The summed E-state index contributed by atoms with van der Waals surface area (Å²) in [6, 6.07) is 0.502. The van der Waals surface area contributed by atoms with E-state index in [0.29, 0.717) is 19.1 Å². The number of rotatable bonds is 2. The van der Waals surface area contributed by atoms with Crippen molar-refractivity contribution in [3.8, 4) is 0 Å². The van der Waals surface area contributed by atoms with E-state index in [-0.39, 0.29) is 12.1 Å². The molecule has 0 radical (unpaired) electrons. The highest BCUT2D eigenvalue weighted by molar-refractivity contribution is 5.68. The second-order valence-corrected chi connectivity index (χ2v) is 7.25. The van der Waals surface area contributed by atoms with Crippen LogP contribution in [0.5, 0.6) is 0 Å². The number of ether oxygens (including phenoxy) is 1. The van der Waals surface area contributed by atoms with Gasteiger partial charge in [-0.25, -0.2) is 4.79 Å². The average Bonchev–Trinajstić information content (AvgIpc) is 2.46. The summed E-state index contributed by atoms with van der Waals surface area (Å²) in [6.07, 6.45) is 1.75. The molecule has 2 saturated heterocycles. The first-order valence-corrected chi connectivity index (χ1v) is 8.40. The minimum Gasteiger partial charge on any atom is -0.444 e. The average molecular weight is 327 g/mol. The quantitative estimate of drug-likeness (QED) is 0.766. The number of hydrogen-bond acceptors (Lipinski definition) is 6. The molecule has 132 valence electrons. The predicted octanol–water partition coefficient (Wildman–Crippen LogP) is 1.48. The Morgan fingerprint density at radius 3 is 2.00 bits per heavy atom. The van der Waals surface area contributed by atoms with E-state index in [4.69, 9.17) is 9.57 Å². The summed E-state index contributed by atoms with van der Waals surface area (Å²) in [5, 5.41) is 1.75. The van der Waals surface area contributed by atoms with Gasteiger partial charge in [-0.1, -0.05) is 0 Å². The van der Waals surface area contributed by atoms with E-state index in [9.17, 15) is 9.59 Å². The fourth-order valence-electron chi connectivity index (χ4n) is 3.08. The Balaban J connectivity index is 1.73. The van der Waals surface area contributed by atoms with Crippen molar-refractivity contribution in [2.75, 3.05) is 39.3 Å². The van der Waals surface area contributed by atoms with Gasteiger partial charge in [0, 0.05) is 52.2 Å². The zero-order valence-electron chi connectivity index (χ0n) is 14.7. The molecule has 0 aromatic carbocycles. The van der Waals surface area contributed by atoms with E-state index in [0.717, 1.165) is 39.0 Å². The molecule has 7 heteroatoms. The first-order valence-electron chi connectivity index (χ1n) is 8.40. The molecular formula is C16H29N3O4. The summed E-state index contributed by atoms with van der Waals surface area (Å²) < 4.78 is 5.42. The molecule has 0 aliphatic carbocycles. The number of piperazine rings is 1. The van der Waals surface area contributed by atoms with Crippen LogP contribution < -0.4 is 0 Å². The highest BCUT2D eigenvalue weighted by Crippen LogP contribution is 2.19. The number of carbonyl (C=O) groups excluding carboxylic acids is 2. The monoisotopic (exact) mass is 327 g/mol. The minimum absolute atomic E-state index is 0.221. The summed E-state index contributed by atoms with van der Waals surface area (Å²) in [4.78, 5) is 32.4. The summed E-state index contributed by atoms with van der Waals surface area (Å²) in [5.41, 5.74) is -0.447. The molecule has 0 saturated carbocycles. The van der Waals surface area contributed by atoms with Crippen molar-refractivity contribution in [2.45, 2.75) is 52.2 Å². The third-order valence-corrected chi connectivity index (χ3v) is 4.16. The molecule has 0 aromatic heterocycles. The molecule has 0 N–H and O–H groups in total. The molecule has 23 heavy (non-hydrogen) atoms.